The first-order chi connectivity index (χ1) is 9.62. The van der Waals surface area contributed by atoms with Gasteiger partial charge in [0.1, 0.15) is 5.82 Å². The Morgan fingerprint density at radius 1 is 0.850 bits per heavy atom. The molecule has 0 aliphatic rings. The number of anilines is 1. The summed E-state index contributed by atoms with van der Waals surface area (Å²) in [5, 5.41) is 0. The highest BCUT2D eigenvalue weighted by Gasteiger charge is 2.19. The minimum atomic E-state index is -0.385. The number of ether oxygens (including phenoxy) is 3. The van der Waals surface area contributed by atoms with Crippen molar-refractivity contribution in [1.82, 2.24) is 0 Å². The first-order valence-corrected chi connectivity index (χ1v) is 5.96. The van der Waals surface area contributed by atoms with Crippen LogP contribution in [0.25, 0.3) is 11.1 Å². The van der Waals surface area contributed by atoms with Crippen LogP contribution in [0.5, 0.6) is 17.2 Å². The molecule has 0 spiro atoms. The summed E-state index contributed by atoms with van der Waals surface area (Å²) in [6.07, 6.45) is 0. The van der Waals surface area contributed by atoms with Crippen molar-refractivity contribution in [1.29, 1.82) is 0 Å². The second-order valence-corrected chi connectivity index (χ2v) is 4.12. The molecular weight excluding hydrogens is 261 g/mol. The minimum Gasteiger partial charge on any atom is -0.493 e. The smallest absolute Gasteiger partial charge is 0.203 e. The molecule has 0 fully saturated rings. The maximum absolute atomic E-state index is 14.0. The third kappa shape index (κ3) is 2.34. The fourth-order valence-corrected chi connectivity index (χ4v) is 2.06. The van der Waals surface area contributed by atoms with Gasteiger partial charge in [0.05, 0.1) is 21.3 Å². The van der Waals surface area contributed by atoms with E-state index in [2.05, 4.69) is 0 Å². The Hall–Kier alpha value is -2.43. The number of hydrogen-bond donors (Lipinski definition) is 1. The van der Waals surface area contributed by atoms with Crippen molar-refractivity contribution >= 4 is 5.69 Å². The van der Waals surface area contributed by atoms with Crippen LogP contribution in [-0.2, 0) is 0 Å². The van der Waals surface area contributed by atoms with Gasteiger partial charge in [0, 0.05) is 16.8 Å². The van der Waals surface area contributed by atoms with Crippen molar-refractivity contribution in [2.75, 3.05) is 27.1 Å². The van der Waals surface area contributed by atoms with E-state index in [1.807, 2.05) is 0 Å². The minimum absolute atomic E-state index is 0.350. The average molecular weight is 277 g/mol. The Kier molecular flexibility index (Phi) is 3.98. The molecule has 0 saturated heterocycles. The summed E-state index contributed by atoms with van der Waals surface area (Å²) < 4.78 is 29.8. The summed E-state index contributed by atoms with van der Waals surface area (Å²) >= 11 is 0. The zero-order valence-corrected chi connectivity index (χ0v) is 11.6. The zero-order chi connectivity index (χ0) is 14.7. The molecule has 0 bridgehead atoms. The van der Waals surface area contributed by atoms with Crippen molar-refractivity contribution in [2.24, 2.45) is 0 Å². The molecule has 5 heteroatoms. The molecule has 0 heterocycles. The molecule has 4 nitrogen and oxygen atoms in total. The third-order valence-electron chi connectivity index (χ3n) is 2.98. The fraction of sp³-hybridized carbons (Fsp3) is 0.200. The Morgan fingerprint density at radius 2 is 1.55 bits per heavy atom. The highest BCUT2D eigenvalue weighted by molar-refractivity contribution is 5.78. The van der Waals surface area contributed by atoms with Crippen LogP contribution < -0.4 is 19.9 Å². The van der Waals surface area contributed by atoms with Crippen LogP contribution in [0.4, 0.5) is 10.1 Å². The number of nitrogen functional groups attached to an aromatic ring is 1. The van der Waals surface area contributed by atoms with E-state index in [0.29, 0.717) is 34.1 Å². The number of hydrogen-bond acceptors (Lipinski definition) is 4. The summed E-state index contributed by atoms with van der Waals surface area (Å²) in [5.41, 5.74) is 7.09. The van der Waals surface area contributed by atoms with Gasteiger partial charge in [-0.3, -0.25) is 0 Å². The summed E-state index contributed by atoms with van der Waals surface area (Å²) in [6.45, 7) is 0. The van der Waals surface area contributed by atoms with Gasteiger partial charge in [-0.2, -0.15) is 0 Å². The number of methoxy groups -OCH3 is 3. The van der Waals surface area contributed by atoms with E-state index in [1.54, 1.807) is 18.2 Å². The van der Waals surface area contributed by atoms with E-state index in [9.17, 15) is 4.39 Å². The second-order valence-electron chi connectivity index (χ2n) is 4.12. The quantitative estimate of drug-likeness (QED) is 0.872. The van der Waals surface area contributed by atoms with E-state index >= 15 is 0 Å². The highest BCUT2D eigenvalue weighted by Crippen LogP contribution is 2.45. The largest absolute Gasteiger partial charge is 0.493 e. The average Bonchev–Trinajstić information content (AvgIpc) is 2.47. The van der Waals surface area contributed by atoms with E-state index in [1.165, 1.54) is 33.5 Å². The van der Waals surface area contributed by atoms with Gasteiger partial charge in [-0.15, -0.1) is 0 Å². The van der Waals surface area contributed by atoms with Gasteiger partial charge in [-0.25, -0.2) is 4.39 Å². The molecule has 0 unspecified atom stereocenters. The lowest BCUT2D eigenvalue weighted by atomic mass is 10.0. The van der Waals surface area contributed by atoms with Crippen molar-refractivity contribution in [2.45, 2.75) is 0 Å². The molecule has 2 N–H and O–H groups in total. The molecule has 0 aromatic heterocycles. The van der Waals surface area contributed by atoms with E-state index in [-0.39, 0.29) is 5.82 Å². The van der Waals surface area contributed by atoms with Crippen LogP contribution in [0.3, 0.4) is 0 Å². The predicted octanol–water partition coefficient (Wildman–Crippen LogP) is 3.10. The topological polar surface area (TPSA) is 53.7 Å². The number of rotatable bonds is 4. The maximum Gasteiger partial charge on any atom is 0.203 e. The molecule has 0 saturated carbocycles. The van der Waals surface area contributed by atoms with Crippen LogP contribution in [0, 0.1) is 5.82 Å². The Labute approximate surface area is 116 Å². The summed E-state index contributed by atoms with van der Waals surface area (Å²) in [5.74, 6) is 0.938. The van der Waals surface area contributed by atoms with Crippen molar-refractivity contribution in [3.05, 3.63) is 36.1 Å². The van der Waals surface area contributed by atoms with Gasteiger partial charge in [0.2, 0.25) is 5.75 Å². The van der Waals surface area contributed by atoms with Gasteiger partial charge in [0.25, 0.3) is 0 Å². The number of halogens is 1. The van der Waals surface area contributed by atoms with Crippen molar-refractivity contribution < 1.29 is 18.6 Å². The molecule has 0 aliphatic heterocycles. The standard InChI is InChI=1S/C15H16FNO3/c1-18-13-7-5-10(14(19-2)15(13)20-3)11-8-9(17)4-6-12(11)16/h4-8H,17H2,1-3H3. The highest BCUT2D eigenvalue weighted by atomic mass is 19.1. The van der Waals surface area contributed by atoms with Gasteiger partial charge in [0.15, 0.2) is 11.5 Å². The van der Waals surface area contributed by atoms with Crippen molar-refractivity contribution in [3.8, 4) is 28.4 Å². The molecule has 0 atom stereocenters. The lowest BCUT2D eigenvalue weighted by Gasteiger charge is -2.16. The van der Waals surface area contributed by atoms with Gasteiger partial charge in [-0.1, -0.05) is 0 Å². The summed E-state index contributed by atoms with van der Waals surface area (Å²) in [4.78, 5) is 0. The molecule has 106 valence electrons. The Bertz CT molecular complexity index is 629. The van der Waals surface area contributed by atoms with E-state index in [4.69, 9.17) is 19.9 Å². The van der Waals surface area contributed by atoms with Crippen LogP contribution in [0.15, 0.2) is 30.3 Å². The lowest BCUT2D eigenvalue weighted by Crippen LogP contribution is -1.98. The second kappa shape index (κ2) is 5.69. The Morgan fingerprint density at radius 3 is 2.15 bits per heavy atom. The van der Waals surface area contributed by atoms with Crippen molar-refractivity contribution in [3.63, 3.8) is 0 Å². The fourth-order valence-electron chi connectivity index (χ4n) is 2.06. The Balaban J connectivity index is 2.71. The molecule has 0 aliphatic carbocycles. The number of nitrogens with two attached hydrogens (primary N) is 1. The molecule has 0 amide bonds. The SMILES string of the molecule is COc1ccc(-c2cc(N)ccc2F)c(OC)c1OC. The van der Waals surface area contributed by atoms with E-state index in [0.717, 1.165) is 0 Å². The first kappa shape index (κ1) is 14.0. The van der Waals surface area contributed by atoms with Crippen LogP contribution in [0.2, 0.25) is 0 Å². The lowest BCUT2D eigenvalue weighted by molar-refractivity contribution is 0.325. The summed E-state index contributed by atoms with van der Waals surface area (Å²) in [6, 6.07) is 7.78. The molecule has 2 aromatic rings. The van der Waals surface area contributed by atoms with Gasteiger partial charge in [-0.05, 0) is 30.3 Å². The van der Waals surface area contributed by atoms with Crippen LogP contribution in [-0.4, -0.2) is 21.3 Å². The molecule has 0 radical (unpaired) electrons. The molecular formula is C15H16FNO3. The third-order valence-corrected chi connectivity index (χ3v) is 2.98. The van der Waals surface area contributed by atoms with Gasteiger partial charge >= 0.3 is 0 Å². The maximum atomic E-state index is 14.0. The predicted molar refractivity (Wildman–Crippen MR) is 75.9 cm³/mol. The van der Waals surface area contributed by atoms with Gasteiger partial charge < -0.3 is 19.9 Å². The van der Waals surface area contributed by atoms with E-state index < -0.39 is 0 Å². The molecule has 2 aromatic carbocycles. The van der Waals surface area contributed by atoms with Crippen LogP contribution >= 0.6 is 0 Å². The van der Waals surface area contributed by atoms with Crippen LogP contribution in [0.1, 0.15) is 0 Å². The normalized spacial score (nSPS) is 10.2. The molecule has 20 heavy (non-hydrogen) atoms. The monoisotopic (exact) mass is 277 g/mol. The zero-order valence-electron chi connectivity index (χ0n) is 11.6. The first-order valence-electron chi connectivity index (χ1n) is 5.96. The number of benzene rings is 2. The summed E-state index contributed by atoms with van der Waals surface area (Å²) in [7, 11) is 4.52. The molecule has 2 rings (SSSR count).